The number of aromatic nitrogens is 2. The van der Waals surface area contributed by atoms with Crippen molar-refractivity contribution in [2.75, 3.05) is 12.3 Å². The van der Waals surface area contributed by atoms with E-state index in [2.05, 4.69) is 14.7 Å². The molecule has 1 rings (SSSR count). The molecular formula is C12H16F5N3O. The van der Waals surface area contributed by atoms with E-state index in [9.17, 15) is 22.0 Å². The van der Waals surface area contributed by atoms with Crippen LogP contribution in [0.3, 0.4) is 0 Å². The number of nitrogens with zero attached hydrogens (tertiary/aromatic N) is 2. The lowest BCUT2D eigenvalue weighted by Crippen LogP contribution is -2.42. The summed E-state index contributed by atoms with van der Waals surface area (Å²) in [5.41, 5.74) is 5.15. The molecule has 0 aliphatic carbocycles. The Kier molecular flexibility index (Phi) is 4.36. The normalized spacial score (nSPS) is 13.4. The van der Waals surface area contributed by atoms with Crippen LogP contribution in [-0.4, -0.2) is 28.7 Å². The molecule has 0 saturated heterocycles. The second-order valence-electron chi connectivity index (χ2n) is 5.60. The Labute approximate surface area is 118 Å². The first-order chi connectivity index (χ1) is 9.25. The molecule has 0 bridgehead atoms. The number of nitrogens with two attached hydrogens (primary N) is 1. The van der Waals surface area contributed by atoms with E-state index in [0.29, 0.717) is 0 Å². The number of anilines is 1. The molecule has 0 spiro atoms. The molecule has 0 fully saturated rings. The minimum Gasteiger partial charge on any atom is -0.471 e. The smallest absolute Gasteiger partial charge is 0.456 e. The molecule has 120 valence electrons. The largest absolute Gasteiger partial charge is 0.471 e. The number of rotatable bonds is 3. The Bertz CT molecular complexity index is 523. The summed E-state index contributed by atoms with van der Waals surface area (Å²) < 4.78 is 66.6. The van der Waals surface area contributed by atoms with Crippen molar-refractivity contribution in [1.82, 2.24) is 9.97 Å². The standard InChI is InChI=1S/C12H16F5N3O/c1-6-7(18)19-9(10(2,3)4)20-8(6)21-5-11(13,14)12(15,16)17/h5H2,1-4H3,(H2,18,19,20). The topological polar surface area (TPSA) is 61.0 Å². The summed E-state index contributed by atoms with van der Waals surface area (Å²) in [4.78, 5) is 7.85. The highest BCUT2D eigenvalue weighted by molar-refractivity contribution is 5.45. The van der Waals surface area contributed by atoms with Gasteiger partial charge in [-0.15, -0.1) is 0 Å². The SMILES string of the molecule is Cc1c(N)nc(C(C)(C)C)nc1OCC(F)(F)C(F)(F)F. The summed E-state index contributed by atoms with van der Waals surface area (Å²) in [6.07, 6.45) is -5.69. The molecule has 1 aromatic heterocycles. The van der Waals surface area contributed by atoms with E-state index in [0.717, 1.165) is 0 Å². The number of halogens is 5. The van der Waals surface area contributed by atoms with Gasteiger partial charge in [0.05, 0.1) is 5.56 Å². The van der Waals surface area contributed by atoms with Gasteiger partial charge >= 0.3 is 12.1 Å². The van der Waals surface area contributed by atoms with Crippen molar-refractivity contribution in [3.05, 3.63) is 11.4 Å². The molecular weight excluding hydrogens is 297 g/mol. The third-order valence-corrected chi connectivity index (χ3v) is 2.61. The molecule has 4 nitrogen and oxygen atoms in total. The zero-order chi connectivity index (χ0) is 16.6. The lowest BCUT2D eigenvalue weighted by molar-refractivity contribution is -0.290. The van der Waals surface area contributed by atoms with E-state index in [1.165, 1.54) is 6.92 Å². The van der Waals surface area contributed by atoms with Crippen LogP contribution in [0.1, 0.15) is 32.2 Å². The highest BCUT2D eigenvalue weighted by atomic mass is 19.4. The van der Waals surface area contributed by atoms with Gasteiger partial charge in [0.2, 0.25) is 5.88 Å². The van der Waals surface area contributed by atoms with E-state index in [4.69, 9.17) is 5.73 Å². The van der Waals surface area contributed by atoms with Gasteiger partial charge in [0.25, 0.3) is 0 Å². The molecule has 0 saturated carbocycles. The summed E-state index contributed by atoms with van der Waals surface area (Å²) in [6.45, 7) is 4.74. The van der Waals surface area contributed by atoms with E-state index < -0.39 is 24.1 Å². The molecule has 1 aromatic rings. The molecule has 0 aliphatic rings. The van der Waals surface area contributed by atoms with Crippen molar-refractivity contribution >= 4 is 5.82 Å². The quantitative estimate of drug-likeness (QED) is 0.870. The van der Waals surface area contributed by atoms with E-state index in [-0.39, 0.29) is 23.1 Å². The number of alkyl halides is 5. The van der Waals surface area contributed by atoms with Crippen LogP contribution in [-0.2, 0) is 5.41 Å². The fourth-order valence-electron chi connectivity index (χ4n) is 1.23. The fourth-order valence-corrected chi connectivity index (χ4v) is 1.23. The van der Waals surface area contributed by atoms with Crippen LogP contribution in [0.2, 0.25) is 0 Å². The van der Waals surface area contributed by atoms with Gasteiger partial charge in [-0.2, -0.15) is 26.9 Å². The Balaban J connectivity index is 3.07. The summed E-state index contributed by atoms with van der Waals surface area (Å²) in [7, 11) is 0. The van der Waals surface area contributed by atoms with Crippen LogP contribution >= 0.6 is 0 Å². The molecule has 2 N–H and O–H groups in total. The van der Waals surface area contributed by atoms with Crippen molar-refractivity contribution < 1.29 is 26.7 Å². The van der Waals surface area contributed by atoms with Crippen LogP contribution in [0.15, 0.2) is 0 Å². The zero-order valence-electron chi connectivity index (χ0n) is 12.0. The van der Waals surface area contributed by atoms with Crippen LogP contribution in [0, 0.1) is 6.92 Å². The van der Waals surface area contributed by atoms with E-state index >= 15 is 0 Å². The van der Waals surface area contributed by atoms with Gasteiger partial charge in [0.15, 0.2) is 6.61 Å². The van der Waals surface area contributed by atoms with Crippen molar-refractivity contribution in [2.45, 2.75) is 45.2 Å². The summed E-state index contributed by atoms with van der Waals surface area (Å²) in [5, 5.41) is 0. The molecule has 0 amide bonds. The van der Waals surface area contributed by atoms with Crippen LogP contribution in [0.5, 0.6) is 5.88 Å². The third-order valence-electron chi connectivity index (χ3n) is 2.61. The van der Waals surface area contributed by atoms with Gasteiger partial charge < -0.3 is 10.5 Å². The van der Waals surface area contributed by atoms with E-state index in [1.807, 2.05) is 0 Å². The Hall–Kier alpha value is -1.67. The fraction of sp³-hybridized carbons (Fsp3) is 0.667. The first-order valence-corrected chi connectivity index (χ1v) is 5.97. The zero-order valence-corrected chi connectivity index (χ0v) is 12.0. The molecule has 0 unspecified atom stereocenters. The highest BCUT2D eigenvalue weighted by Crippen LogP contribution is 2.36. The van der Waals surface area contributed by atoms with Gasteiger partial charge in [0.1, 0.15) is 11.6 Å². The van der Waals surface area contributed by atoms with Gasteiger partial charge in [-0.25, -0.2) is 4.98 Å². The van der Waals surface area contributed by atoms with Crippen LogP contribution in [0.4, 0.5) is 27.8 Å². The number of ether oxygens (including phenoxy) is 1. The molecule has 0 aromatic carbocycles. The second kappa shape index (κ2) is 5.27. The average Bonchev–Trinajstić information content (AvgIpc) is 2.28. The lowest BCUT2D eigenvalue weighted by Gasteiger charge is -2.22. The van der Waals surface area contributed by atoms with Crippen molar-refractivity contribution in [3.8, 4) is 5.88 Å². The molecule has 0 aliphatic heterocycles. The maximum absolute atomic E-state index is 12.9. The number of hydrogen-bond donors (Lipinski definition) is 1. The minimum atomic E-state index is -5.69. The van der Waals surface area contributed by atoms with Gasteiger partial charge in [0, 0.05) is 5.41 Å². The van der Waals surface area contributed by atoms with Gasteiger partial charge in [-0.3, -0.25) is 0 Å². The van der Waals surface area contributed by atoms with Crippen molar-refractivity contribution in [2.24, 2.45) is 0 Å². The average molecular weight is 313 g/mol. The highest BCUT2D eigenvalue weighted by Gasteiger charge is 2.58. The Morgan fingerprint density at radius 1 is 1.05 bits per heavy atom. The van der Waals surface area contributed by atoms with Crippen molar-refractivity contribution in [3.63, 3.8) is 0 Å². The Morgan fingerprint density at radius 2 is 1.57 bits per heavy atom. The summed E-state index contributed by atoms with van der Waals surface area (Å²) >= 11 is 0. The molecule has 9 heteroatoms. The van der Waals surface area contributed by atoms with Gasteiger partial charge in [-0.1, -0.05) is 20.8 Å². The van der Waals surface area contributed by atoms with Crippen LogP contribution < -0.4 is 10.5 Å². The first kappa shape index (κ1) is 17.4. The second-order valence-corrected chi connectivity index (χ2v) is 5.60. The maximum atomic E-state index is 12.9. The van der Waals surface area contributed by atoms with E-state index in [1.54, 1.807) is 20.8 Å². The summed E-state index contributed by atoms with van der Waals surface area (Å²) in [5.74, 6) is -5.19. The minimum absolute atomic E-state index is 0.0275. The maximum Gasteiger partial charge on any atom is 0.456 e. The number of nitrogen functional groups attached to an aromatic ring is 1. The third kappa shape index (κ3) is 3.92. The molecule has 0 radical (unpaired) electrons. The van der Waals surface area contributed by atoms with Gasteiger partial charge in [-0.05, 0) is 6.92 Å². The molecule has 21 heavy (non-hydrogen) atoms. The number of hydrogen-bond acceptors (Lipinski definition) is 4. The van der Waals surface area contributed by atoms with Crippen molar-refractivity contribution in [1.29, 1.82) is 0 Å². The molecule has 0 atom stereocenters. The first-order valence-electron chi connectivity index (χ1n) is 5.97. The Morgan fingerprint density at radius 3 is 2.00 bits per heavy atom. The predicted molar refractivity (Wildman–Crippen MR) is 66.4 cm³/mol. The monoisotopic (exact) mass is 313 g/mol. The van der Waals surface area contributed by atoms with Crippen LogP contribution in [0.25, 0.3) is 0 Å². The lowest BCUT2D eigenvalue weighted by atomic mass is 9.95. The summed E-state index contributed by atoms with van der Waals surface area (Å²) in [6, 6.07) is 0. The molecule has 1 heterocycles. The predicted octanol–water partition coefficient (Wildman–Crippen LogP) is 3.24.